The molecule has 1 aliphatic rings. The number of carbonyl (C=O) groups excluding carboxylic acids is 1. The van der Waals surface area contributed by atoms with Crippen LogP contribution < -0.4 is 10.1 Å². The average molecular weight is 381 g/mol. The summed E-state index contributed by atoms with van der Waals surface area (Å²) >= 11 is 0. The number of carbonyl (C=O) groups is 1. The highest BCUT2D eigenvalue weighted by atomic mass is 19.1. The number of ether oxygens (including phenoxy) is 1. The standard InChI is InChI=1S/C21H20FN3O3/c22-15-10-8-14(9-11-15)21-24-20(28-25-21)7-3-6-19(26)23-17-12-13-27-18-5-2-1-4-16(17)18/h1-2,4-5,8-11,17H,3,6-7,12-13H2,(H,23,26). The predicted molar refractivity (Wildman–Crippen MR) is 100 cm³/mol. The van der Waals surface area contributed by atoms with Crippen molar-refractivity contribution in [3.63, 3.8) is 0 Å². The number of para-hydroxylation sites is 1. The van der Waals surface area contributed by atoms with Gasteiger partial charge in [0.1, 0.15) is 11.6 Å². The molecule has 144 valence electrons. The largest absolute Gasteiger partial charge is 0.493 e. The molecule has 0 saturated carbocycles. The van der Waals surface area contributed by atoms with Crippen LogP contribution in [-0.2, 0) is 11.2 Å². The molecule has 0 spiro atoms. The summed E-state index contributed by atoms with van der Waals surface area (Å²) in [5.41, 5.74) is 1.70. The lowest BCUT2D eigenvalue weighted by molar-refractivity contribution is -0.122. The third kappa shape index (κ3) is 4.19. The summed E-state index contributed by atoms with van der Waals surface area (Å²) in [6, 6.07) is 13.7. The van der Waals surface area contributed by atoms with E-state index in [1.54, 1.807) is 12.1 Å². The first kappa shape index (κ1) is 18.2. The minimum Gasteiger partial charge on any atom is -0.493 e. The molecule has 1 aromatic heterocycles. The van der Waals surface area contributed by atoms with E-state index in [4.69, 9.17) is 9.26 Å². The molecule has 3 aromatic rings. The minimum atomic E-state index is -0.314. The number of nitrogens with zero attached hydrogens (tertiary/aromatic N) is 2. The van der Waals surface area contributed by atoms with E-state index >= 15 is 0 Å². The summed E-state index contributed by atoms with van der Waals surface area (Å²) < 4.78 is 23.8. The molecule has 1 amide bonds. The molecule has 1 N–H and O–H groups in total. The van der Waals surface area contributed by atoms with E-state index in [2.05, 4.69) is 15.5 Å². The van der Waals surface area contributed by atoms with Crippen molar-refractivity contribution in [2.24, 2.45) is 0 Å². The molecule has 1 aliphatic heterocycles. The molecule has 1 atom stereocenters. The molecule has 0 radical (unpaired) electrons. The van der Waals surface area contributed by atoms with Gasteiger partial charge in [0.15, 0.2) is 0 Å². The molecule has 0 bridgehead atoms. The first-order valence-corrected chi connectivity index (χ1v) is 9.28. The summed E-state index contributed by atoms with van der Waals surface area (Å²) in [4.78, 5) is 16.6. The molecule has 4 rings (SSSR count). The van der Waals surface area contributed by atoms with Crippen LogP contribution in [0.4, 0.5) is 4.39 Å². The molecule has 2 heterocycles. The Morgan fingerprint density at radius 2 is 2.00 bits per heavy atom. The SMILES string of the molecule is O=C(CCCc1nc(-c2ccc(F)cc2)no1)NC1CCOc2ccccc21. The van der Waals surface area contributed by atoms with E-state index in [9.17, 15) is 9.18 Å². The van der Waals surface area contributed by atoms with Crippen LogP contribution in [0.1, 0.15) is 36.8 Å². The fourth-order valence-electron chi connectivity index (χ4n) is 3.23. The van der Waals surface area contributed by atoms with Crippen molar-refractivity contribution in [1.82, 2.24) is 15.5 Å². The van der Waals surface area contributed by atoms with Gasteiger partial charge in [0, 0.05) is 30.4 Å². The zero-order valence-electron chi connectivity index (χ0n) is 15.2. The van der Waals surface area contributed by atoms with Crippen molar-refractivity contribution in [2.45, 2.75) is 31.7 Å². The molecule has 1 unspecified atom stereocenters. The smallest absolute Gasteiger partial charge is 0.226 e. The third-order valence-electron chi connectivity index (χ3n) is 4.66. The van der Waals surface area contributed by atoms with Gasteiger partial charge in [-0.05, 0) is 36.8 Å². The zero-order chi connectivity index (χ0) is 19.3. The number of rotatable bonds is 6. The van der Waals surface area contributed by atoms with E-state index < -0.39 is 0 Å². The molecule has 2 aromatic carbocycles. The van der Waals surface area contributed by atoms with Crippen molar-refractivity contribution in [2.75, 3.05) is 6.61 Å². The number of halogens is 1. The number of benzene rings is 2. The fraction of sp³-hybridized carbons (Fsp3) is 0.286. The second-order valence-electron chi connectivity index (χ2n) is 6.67. The number of nitrogens with one attached hydrogen (secondary N) is 1. The van der Waals surface area contributed by atoms with Gasteiger partial charge in [0.05, 0.1) is 12.6 Å². The maximum absolute atomic E-state index is 13.0. The lowest BCUT2D eigenvalue weighted by atomic mass is 10.0. The maximum Gasteiger partial charge on any atom is 0.226 e. The third-order valence-corrected chi connectivity index (χ3v) is 4.66. The van der Waals surface area contributed by atoms with Crippen LogP contribution in [0.25, 0.3) is 11.4 Å². The van der Waals surface area contributed by atoms with Crippen LogP contribution in [0.5, 0.6) is 5.75 Å². The molecular weight excluding hydrogens is 361 g/mol. The van der Waals surface area contributed by atoms with Gasteiger partial charge >= 0.3 is 0 Å². The molecular formula is C21H20FN3O3. The van der Waals surface area contributed by atoms with Crippen molar-refractivity contribution in [3.05, 3.63) is 65.8 Å². The summed E-state index contributed by atoms with van der Waals surface area (Å²) in [6.45, 7) is 0.593. The van der Waals surface area contributed by atoms with E-state index in [1.165, 1.54) is 12.1 Å². The lowest BCUT2D eigenvalue weighted by Crippen LogP contribution is -2.32. The van der Waals surface area contributed by atoms with Gasteiger partial charge in [-0.15, -0.1) is 0 Å². The van der Waals surface area contributed by atoms with E-state index in [0.717, 1.165) is 17.7 Å². The van der Waals surface area contributed by atoms with Gasteiger partial charge in [-0.2, -0.15) is 4.98 Å². The Bertz CT molecular complexity index is 956. The summed E-state index contributed by atoms with van der Waals surface area (Å²) in [5, 5.41) is 6.99. The van der Waals surface area contributed by atoms with E-state index in [0.29, 0.717) is 43.1 Å². The van der Waals surface area contributed by atoms with Gasteiger partial charge in [0.2, 0.25) is 17.6 Å². The lowest BCUT2D eigenvalue weighted by Gasteiger charge is -2.26. The number of amides is 1. The average Bonchev–Trinajstić information content (AvgIpc) is 3.18. The first-order valence-electron chi connectivity index (χ1n) is 9.28. The zero-order valence-corrected chi connectivity index (χ0v) is 15.2. The van der Waals surface area contributed by atoms with Gasteiger partial charge in [-0.1, -0.05) is 23.4 Å². The Balaban J connectivity index is 1.28. The summed E-state index contributed by atoms with van der Waals surface area (Å²) in [6.07, 6.45) is 2.23. The fourth-order valence-corrected chi connectivity index (χ4v) is 3.23. The number of hydrogen-bond donors (Lipinski definition) is 1. The number of fused-ring (bicyclic) bond motifs is 1. The molecule has 28 heavy (non-hydrogen) atoms. The summed E-state index contributed by atoms with van der Waals surface area (Å²) in [5.74, 6) is 1.38. The normalized spacial score (nSPS) is 15.5. The predicted octanol–water partition coefficient (Wildman–Crippen LogP) is 3.84. The van der Waals surface area contributed by atoms with Crippen molar-refractivity contribution in [1.29, 1.82) is 0 Å². The number of aryl methyl sites for hydroxylation is 1. The Morgan fingerprint density at radius 3 is 2.86 bits per heavy atom. The Morgan fingerprint density at radius 1 is 1.18 bits per heavy atom. The quantitative estimate of drug-likeness (QED) is 0.702. The second kappa shape index (κ2) is 8.21. The van der Waals surface area contributed by atoms with Gasteiger partial charge in [-0.3, -0.25) is 4.79 Å². The van der Waals surface area contributed by atoms with Crippen LogP contribution in [-0.4, -0.2) is 22.7 Å². The number of aromatic nitrogens is 2. The van der Waals surface area contributed by atoms with Crippen molar-refractivity contribution < 1.29 is 18.4 Å². The highest BCUT2D eigenvalue weighted by molar-refractivity contribution is 5.76. The van der Waals surface area contributed by atoms with E-state index in [1.807, 2.05) is 24.3 Å². The highest BCUT2D eigenvalue weighted by Crippen LogP contribution is 2.31. The first-order chi connectivity index (χ1) is 13.7. The Hall–Kier alpha value is -3.22. The molecule has 0 saturated heterocycles. The van der Waals surface area contributed by atoms with Crippen LogP contribution in [0.3, 0.4) is 0 Å². The molecule has 0 aliphatic carbocycles. The minimum absolute atomic E-state index is 0.0139. The van der Waals surface area contributed by atoms with Crippen LogP contribution in [0, 0.1) is 5.82 Å². The van der Waals surface area contributed by atoms with Crippen LogP contribution in [0.2, 0.25) is 0 Å². The van der Waals surface area contributed by atoms with Gasteiger partial charge < -0.3 is 14.6 Å². The molecule has 0 fully saturated rings. The topological polar surface area (TPSA) is 77.2 Å². The van der Waals surface area contributed by atoms with Crippen LogP contribution >= 0.6 is 0 Å². The van der Waals surface area contributed by atoms with Crippen molar-refractivity contribution >= 4 is 5.91 Å². The maximum atomic E-state index is 13.0. The van der Waals surface area contributed by atoms with Gasteiger partial charge in [-0.25, -0.2) is 4.39 Å². The Kier molecular flexibility index (Phi) is 5.32. The number of hydrogen-bond acceptors (Lipinski definition) is 5. The van der Waals surface area contributed by atoms with Crippen LogP contribution in [0.15, 0.2) is 53.1 Å². The highest BCUT2D eigenvalue weighted by Gasteiger charge is 2.22. The Labute approximate surface area is 161 Å². The van der Waals surface area contributed by atoms with Gasteiger partial charge in [0.25, 0.3) is 0 Å². The van der Waals surface area contributed by atoms with Crippen molar-refractivity contribution in [3.8, 4) is 17.1 Å². The molecule has 6 nitrogen and oxygen atoms in total. The summed E-state index contributed by atoms with van der Waals surface area (Å²) in [7, 11) is 0. The van der Waals surface area contributed by atoms with E-state index in [-0.39, 0.29) is 17.8 Å². The monoisotopic (exact) mass is 381 g/mol. The second-order valence-corrected chi connectivity index (χ2v) is 6.67. The molecule has 7 heteroatoms.